The van der Waals surface area contributed by atoms with Crippen LogP contribution >= 0.6 is 11.6 Å². The van der Waals surface area contributed by atoms with Gasteiger partial charge >= 0.3 is 6.18 Å². The first-order valence-electron chi connectivity index (χ1n) is 6.16. The van der Waals surface area contributed by atoms with Crippen LogP contribution in [-0.4, -0.2) is 11.9 Å². The van der Waals surface area contributed by atoms with Crippen LogP contribution in [0.15, 0.2) is 18.2 Å². The summed E-state index contributed by atoms with van der Waals surface area (Å²) in [6.07, 6.45) is -3.20. The summed E-state index contributed by atoms with van der Waals surface area (Å²) in [6, 6.07) is 2.96. The molecule has 7 heteroatoms. The molecule has 1 aromatic rings. The minimum Gasteiger partial charge on any atom is -0.327 e. The lowest BCUT2D eigenvalue weighted by Gasteiger charge is -2.16. The Labute approximate surface area is 120 Å². The van der Waals surface area contributed by atoms with E-state index in [0.717, 1.165) is 12.5 Å². The molecule has 0 aliphatic carbocycles. The fourth-order valence-corrected chi connectivity index (χ4v) is 2.01. The lowest BCUT2D eigenvalue weighted by atomic mass is 10.1. The number of hydrogen-bond donors (Lipinski definition) is 2. The maximum atomic E-state index is 12.8. The number of benzene rings is 1. The molecular formula is C13H16ClF3N2O. The predicted molar refractivity (Wildman–Crippen MR) is 72.6 cm³/mol. The van der Waals surface area contributed by atoms with Crippen molar-refractivity contribution in [3.63, 3.8) is 0 Å². The van der Waals surface area contributed by atoms with Gasteiger partial charge in [0.25, 0.3) is 0 Å². The van der Waals surface area contributed by atoms with Crippen molar-refractivity contribution < 1.29 is 18.0 Å². The zero-order valence-electron chi connectivity index (χ0n) is 10.9. The van der Waals surface area contributed by atoms with Gasteiger partial charge < -0.3 is 11.1 Å². The van der Waals surface area contributed by atoms with E-state index in [4.69, 9.17) is 17.3 Å². The Bertz CT molecular complexity index is 477. The standard InChI is InChI=1S/C13H16ClF3N2O/c1-2-4-8(18)7-11(20)19-12-9(13(15,16)17)5-3-6-10(12)14/h3,5-6,8H,2,4,7,18H2,1H3,(H,19,20). The number of nitrogens with one attached hydrogen (secondary N) is 1. The van der Waals surface area contributed by atoms with Gasteiger partial charge in [0.2, 0.25) is 5.91 Å². The topological polar surface area (TPSA) is 55.1 Å². The summed E-state index contributed by atoms with van der Waals surface area (Å²) in [5.74, 6) is -0.579. The molecule has 0 radical (unpaired) electrons. The maximum Gasteiger partial charge on any atom is 0.418 e. The second-order valence-electron chi connectivity index (χ2n) is 4.46. The molecule has 0 aliphatic heterocycles. The molecule has 0 fully saturated rings. The number of carbonyl (C=O) groups excluding carboxylic acids is 1. The van der Waals surface area contributed by atoms with Gasteiger partial charge in [0.15, 0.2) is 0 Å². The van der Waals surface area contributed by atoms with Crippen molar-refractivity contribution in [1.29, 1.82) is 0 Å². The Balaban J connectivity index is 2.89. The van der Waals surface area contributed by atoms with Crippen LogP contribution in [0.1, 0.15) is 31.7 Å². The summed E-state index contributed by atoms with van der Waals surface area (Å²) in [6.45, 7) is 1.91. The lowest BCUT2D eigenvalue weighted by Crippen LogP contribution is -2.27. The first-order valence-corrected chi connectivity index (χ1v) is 6.54. The highest BCUT2D eigenvalue weighted by atomic mass is 35.5. The van der Waals surface area contributed by atoms with Crippen molar-refractivity contribution in [2.24, 2.45) is 5.73 Å². The molecule has 0 saturated carbocycles. The zero-order valence-corrected chi connectivity index (χ0v) is 11.7. The van der Waals surface area contributed by atoms with Gasteiger partial charge in [0, 0.05) is 12.5 Å². The van der Waals surface area contributed by atoms with Gasteiger partial charge in [-0.05, 0) is 18.6 Å². The Morgan fingerprint density at radius 2 is 2.10 bits per heavy atom. The van der Waals surface area contributed by atoms with E-state index in [1.807, 2.05) is 6.92 Å². The number of carbonyl (C=O) groups is 1. The smallest absolute Gasteiger partial charge is 0.327 e. The number of hydrogen-bond acceptors (Lipinski definition) is 2. The van der Waals surface area contributed by atoms with Crippen molar-refractivity contribution in [1.82, 2.24) is 0 Å². The van der Waals surface area contributed by atoms with Crippen LogP contribution in [0, 0.1) is 0 Å². The quantitative estimate of drug-likeness (QED) is 0.869. The average molecular weight is 309 g/mol. The minimum atomic E-state index is -4.58. The van der Waals surface area contributed by atoms with Crippen molar-refractivity contribution in [2.75, 3.05) is 5.32 Å². The summed E-state index contributed by atoms with van der Waals surface area (Å²) >= 11 is 5.73. The molecule has 0 spiro atoms. The van der Waals surface area contributed by atoms with E-state index in [-0.39, 0.29) is 17.5 Å². The lowest BCUT2D eigenvalue weighted by molar-refractivity contribution is -0.137. The maximum absolute atomic E-state index is 12.8. The molecule has 20 heavy (non-hydrogen) atoms. The average Bonchev–Trinajstić information content (AvgIpc) is 2.30. The largest absolute Gasteiger partial charge is 0.418 e. The van der Waals surface area contributed by atoms with E-state index in [1.54, 1.807) is 0 Å². The molecule has 1 unspecified atom stereocenters. The van der Waals surface area contributed by atoms with Gasteiger partial charge in [-0.2, -0.15) is 13.2 Å². The molecule has 1 amide bonds. The molecule has 0 heterocycles. The van der Waals surface area contributed by atoms with Gasteiger partial charge in [-0.15, -0.1) is 0 Å². The number of amides is 1. The van der Waals surface area contributed by atoms with Crippen molar-refractivity contribution in [3.05, 3.63) is 28.8 Å². The SMILES string of the molecule is CCCC(N)CC(=O)Nc1c(Cl)cccc1C(F)(F)F. The molecule has 3 N–H and O–H groups in total. The van der Waals surface area contributed by atoms with E-state index in [1.165, 1.54) is 12.1 Å². The summed E-state index contributed by atoms with van der Waals surface area (Å²) in [5.41, 5.74) is 4.29. The normalized spacial score (nSPS) is 13.1. The Hall–Kier alpha value is -1.27. The highest BCUT2D eigenvalue weighted by Gasteiger charge is 2.34. The van der Waals surface area contributed by atoms with Crippen LogP contribution in [0.25, 0.3) is 0 Å². The molecule has 0 bridgehead atoms. The fraction of sp³-hybridized carbons (Fsp3) is 0.462. The van der Waals surface area contributed by atoms with Crippen molar-refractivity contribution in [2.45, 2.75) is 38.4 Å². The van der Waals surface area contributed by atoms with Crippen molar-refractivity contribution >= 4 is 23.2 Å². The van der Waals surface area contributed by atoms with Crippen molar-refractivity contribution in [3.8, 4) is 0 Å². The van der Waals surface area contributed by atoms with Gasteiger partial charge in [-0.1, -0.05) is 31.0 Å². The number of para-hydroxylation sites is 1. The number of alkyl halides is 3. The molecule has 112 valence electrons. The van der Waals surface area contributed by atoms with Crippen LogP contribution in [0.4, 0.5) is 18.9 Å². The first-order chi connectivity index (χ1) is 9.25. The van der Waals surface area contributed by atoms with Crippen LogP contribution in [-0.2, 0) is 11.0 Å². The number of nitrogens with two attached hydrogens (primary N) is 1. The Morgan fingerprint density at radius 3 is 2.65 bits per heavy atom. The molecule has 0 aromatic heterocycles. The first kappa shape index (κ1) is 16.8. The summed E-state index contributed by atoms with van der Waals surface area (Å²) < 4.78 is 38.5. The number of rotatable bonds is 5. The van der Waals surface area contributed by atoms with Gasteiger partial charge in [0.05, 0.1) is 16.3 Å². The molecule has 0 aliphatic rings. The fourth-order valence-electron chi connectivity index (χ4n) is 1.79. The Kier molecular flexibility index (Phi) is 5.83. The molecule has 0 saturated heterocycles. The highest BCUT2D eigenvalue weighted by molar-refractivity contribution is 6.34. The molecule has 1 rings (SSSR count). The van der Waals surface area contributed by atoms with E-state index in [2.05, 4.69) is 5.32 Å². The summed E-state index contributed by atoms with van der Waals surface area (Å²) in [5, 5.41) is 2.05. The molecule has 1 aromatic carbocycles. The molecular weight excluding hydrogens is 293 g/mol. The second kappa shape index (κ2) is 6.95. The van der Waals surface area contributed by atoms with Crippen LogP contribution in [0.5, 0.6) is 0 Å². The van der Waals surface area contributed by atoms with E-state index < -0.39 is 23.3 Å². The molecule has 3 nitrogen and oxygen atoms in total. The van der Waals surface area contributed by atoms with E-state index in [9.17, 15) is 18.0 Å². The highest BCUT2D eigenvalue weighted by Crippen LogP contribution is 2.38. The summed E-state index contributed by atoms with van der Waals surface area (Å²) in [7, 11) is 0. The third kappa shape index (κ3) is 4.68. The Morgan fingerprint density at radius 1 is 1.45 bits per heavy atom. The minimum absolute atomic E-state index is 0.0453. The van der Waals surface area contributed by atoms with E-state index >= 15 is 0 Å². The molecule has 1 atom stereocenters. The van der Waals surface area contributed by atoms with Gasteiger partial charge in [-0.3, -0.25) is 4.79 Å². The van der Waals surface area contributed by atoms with Crippen LogP contribution in [0.2, 0.25) is 5.02 Å². The number of anilines is 1. The third-order valence-electron chi connectivity index (χ3n) is 2.69. The van der Waals surface area contributed by atoms with Crippen LogP contribution in [0.3, 0.4) is 0 Å². The number of halogens is 4. The predicted octanol–water partition coefficient (Wildman–Crippen LogP) is 3.81. The second-order valence-corrected chi connectivity index (χ2v) is 4.87. The zero-order chi connectivity index (χ0) is 15.3. The third-order valence-corrected chi connectivity index (χ3v) is 3.01. The summed E-state index contributed by atoms with van der Waals surface area (Å²) in [4.78, 5) is 11.7. The van der Waals surface area contributed by atoms with Gasteiger partial charge in [0.1, 0.15) is 0 Å². The van der Waals surface area contributed by atoms with Crippen LogP contribution < -0.4 is 11.1 Å². The monoisotopic (exact) mass is 308 g/mol. The van der Waals surface area contributed by atoms with E-state index in [0.29, 0.717) is 6.42 Å². The van der Waals surface area contributed by atoms with Gasteiger partial charge in [-0.25, -0.2) is 0 Å².